The SMILES string of the molecule is Cc1ccc(-c2ccc(-c3cc[c-]c(F)c3F)c(F)c2F)cc1F.[Rb+]. The van der Waals surface area contributed by atoms with Crippen molar-refractivity contribution >= 4 is 0 Å². The largest absolute Gasteiger partial charge is 1.00 e. The molecule has 0 aliphatic heterocycles. The fraction of sp³-hybridized carbons (Fsp3) is 0.0526. The molecule has 0 atom stereocenters. The van der Waals surface area contributed by atoms with Gasteiger partial charge in [-0.1, -0.05) is 29.8 Å². The molecule has 0 aliphatic rings. The Hall–Kier alpha value is -0.885. The second-order valence-electron chi connectivity index (χ2n) is 5.27. The van der Waals surface area contributed by atoms with Crippen molar-refractivity contribution in [1.29, 1.82) is 0 Å². The minimum atomic E-state index is -1.34. The summed E-state index contributed by atoms with van der Waals surface area (Å²) in [5.41, 5.74) is -0.486. The Morgan fingerprint density at radius 3 is 2.00 bits per heavy atom. The number of halogens is 5. The predicted molar refractivity (Wildman–Crippen MR) is 80.7 cm³/mol. The maximum Gasteiger partial charge on any atom is 1.00 e. The Labute approximate surface area is 190 Å². The summed E-state index contributed by atoms with van der Waals surface area (Å²) in [5, 5.41) is 0. The molecule has 0 saturated carbocycles. The van der Waals surface area contributed by atoms with E-state index in [0.717, 1.165) is 24.3 Å². The maximum absolute atomic E-state index is 14.4. The van der Waals surface area contributed by atoms with Crippen molar-refractivity contribution in [3.05, 3.63) is 83.2 Å². The molecule has 0 heterocycles. The van der Waals surface area contributed by atoms with Crippen molar-refractivity contribution < 1.29 is 80.1 Å². The molecule has 0 aromatic heterocycles. The molecule has 0 bridgehead atoms. The number of hydrogen-bond donors (Lipinski definition) is 0. The van der Waals surface area contributed by atoms with Gasteiger partial charge in [0.2, 0.25) is 0 Å². The first-order valence-electron chi connectivity index (χ1n) is 7.00. The molecule has 0 amide bonds. The van der Waals surface area contributed by atoms with Gasteiger partial charge in [0.25, 0.3) is 0 Å². The Kier molecular flexibility index (Phi) is 6.71. The number of rotatable bonds is 2. The van der Waals surface area contributed by atoms with Gasteiger partial charge in [-0.05, 0) is 29.7 Å². The first-order valence-corrected chi connectivity index (χ1v) is 7.00. The second kappa shape index (κ2) is 8.21. The standard InChI is InChI=1S/C19H10F5.Rb/c1-10-5-6-11(9-16(10)21)12-7-8-14(19(24)18(12)23)13-3-2-4-15(20)17(13)22;/h2-3,5-9H,1H3;/q-1;+1. The van der Waals surface area contributed by atoms with E-state index in [-0.39, 0.29) is 69.3 Å². The smallest absolute Gasteiger partial charge is 0.281 e. The van der Waals surface area contributed by atoms with E-state index < -0.39 is 40.2 Å². The van der Waals surface area contributed by atoms with Gasteiger partial charge in [0, 0.05) is 11.4 Å². The average Bonchev–Trinajstić information content (AvgIpc) is 2.56. The summed E-state index contributed by atoms with van der Waals surface area (Å²) in [6, 6.07) is 10.5. The average molecular weight is 419 g/mol. The van der Waals surface area contributed by atoms with Crippen LogP contribution in [-0.2, 0) is 0 Å². The molecule has 3 aromatic rings. The van der Waals surface area contributed by atoms with E-state index in [1.165, 1.54) is 18.2 Å². The van der Waals surface area contributed by atoms with Crippen molar-refractivity contribution in [3.63, 3.8) is 0 Å². The minimum absolute atomic E-state index is 0. The zero-order valence-electron chi connectivity index (χ0n) is 13.4. The van der Waals surface area contributed by atoms with Crippen molar-refractivity contribution in [3.8, 4) is 22.3 Å². The zero-order chi connectivity index (χ0) is 17.4. The van der Waals surface area contributed by atoms with Gasteiger partial charge in [-0.3, -0.25) is 4.39 Å². The van der Waals surface area contributed by atoms with Gasteiger partial charge >= 0.3 is 58.2 Å². The Morgan fingerprint density at radius 1 is 0.720 bits per heavy atom. The van der Waals surface area contributed by atoms with Crippen LogP contribution in [0.5, 0.6) is 0 Å². The van der Waals surface area contributed by atoms with Crippen LogP contribution in [0.15, 0.2) is 42.5 Å². The van der Waals surface area contributed by atoms with Gasteiger partial charge in [0.05, 0.1) is 5.82 Å². The zero-order valence-corrected chi connectivity index (χ0v) is 18.3. The van der Waals surface area contributed by atoms with Crippen LogP contribution in [-0.4, -0.2) is 0 Å². The topological polar surface area (TPSA) is 0 Å². The van der Waals surface area contributed by atoms with Crippen LogP contribution in [0.1, 0.15) is 5.56 Å². The summed E-state index contributed by atoms with van der Waals surface area (Å²) in [7, 11) is 0. The number of hydrogen-bond acceptors (Lipinski definition) is 0. The molecule has 0 spiro atoms. The molecule has 3 aromatic carbocycles. The van der Waals surface area contributed by atoms with Gasteiger partial charge in [-0.15, -0.1) is 6.07 Å². The van der Waals surface area contributed by atoms with Gasteiger partial charge in [-0.2, -0.15) is 12.1 Å². The summed E-state index contributed by atoms with van der Waals surface area (Å²) < 4.78 is 69.4. The van der Waals surface area contributed by atoms with Gasteiger partial charge in [-0.25, -0.2) is 17.6 Å². The van der Waals surface area contributed by atoms with Crippen LogP contribution in [0.25, 0.3) is 22.3 Å². The Morgan fingerprint density at radius 2 is 1.32 bits per heavy atom. The third kappa shape index (κ3) is 3.94. The molecule has 0 nitrogen and oxygen atoms in total. The molecule has 0 saturated heterocycles. The summed E-state index contributed by atoms with van der Waals surface area (Å²) in [4.78, 5) is 0. The summed E-state index contributed by atoms with van der Waals surface area (Å²) in [6.07, 6.45) is 0. The maximum atomic E-state index is 14.4. The second-order valence-corrected chi connectivity index (χ2v) is 5.27. The van der Waals surface area contributed by atoms with Crippen molar-refractivity contribution in [2.24, 2.45) is 0 Å². The van der Waals surface area contributed by atoms with Crippen molar-refractivity contribution in [2.75, 3.05) is 0 Å². The van der Waals surface area contributed by atoms with E-state index >= 15 is 0 Å². The first kappa shape index (κ1) is 20.4. The molecule has 6 heteroatoms. The molecule has 122 valence electrons. The Bertz CT molecular complexity index is 937. The number of aryl methyl sites for hydroxylation is 1. The molecular formula is C19H10F5Rb. The summed E-state index contributed by atoms with van der Waals surface area (Å²) in [5.74, 6) is -5.74. The molecule has 3 rings (SSSR count). The molecule has 0 unspecified atom stereocenters. The van der Waals surface area contributed by atoms with Crippen molar-refractivity contribution in [2.45, 2.75) is 6.92 Å². The summed E-state index contributed by atoms with van der Waals surface area (Å²) >= 11 is 0. The fourth-order valence-electron chi connectivity index (χ4n) is 2.40. The van der Waals surface area contributed by atoms with Crippen LogP contribution in [0, 0.1) is 42.1 Å². The van der Waals surface area contributed by atoms with E-state index in [1.807, 2.05) is 6.07 Å². The molecule has 25 heavy (non-hydrogen) atoms. The number of benzene rings is 3. The van der Waals surface area contributed by atoms with E-state index in [9.17, 15) is 22.0 Å². The van der Waals surface area contributed by atoms with E-state index in [1.54, 1.807) is 6.92 Å². The fourth-order valence-corrected chi connectivity index (χ4v) is 2.40. The van der Waals surface area contributed by atoms with E-state index in [2.05, 4.69) is 0 Å². The van der Waals surface area contributed by atoms with Crippen LogP contribution >= 0.6 is 0 Å². The van der Waals surface area contributed by atoms with E-state index in [4.69, 9.17) is 0 Å². The van der Waals surface area contributed by atoms with E-state index in [0.29, 0.717) is 5.56 Å². The molecule has 0 fully saturated rings. The summed E-state index contributed by atoms with van der Waals surface area (Å²) in [6.45, 7) is 1.54. The van der Waals surface area contributed by atoms with Crippen molar-refractivity contribution in [1.82, 2.24) is 0 Å². The third-order valence-electron chi connectivity index (χ3n) is 3.74. The van der Waals surface area contributed by atoms with Crippen LogP contribution in [0.3, 0.4) is 0 Å². The van der Waals surface area contributed by atoms with Crippen LogP contribution in [0.4, 0.5) is 22.0 Å². The van der Waals surface area contributed by atoms with Crippen LogP contribution in [0.2, 0.25) is 0 Å². The Balaban J connectivity index is 0.00000225. The molecule has 0 radical (unpaired) electrons. The van der Waals surface area contributed by atoms with Gasteiger partial charge < -0.3 is 0 Å². The minimum Gasteiger partial charge on any atom is -0.281 e. The first-order chi connectivity index (χ1) is 11.4. The molecule has 0 aliphatic carbocycles. The predicted octanol–water partition coefficient (Wildman–Crippen LogP) is 2.83. The molecule has 0 N–H and O–H groups in total. The monoisotopic (exact) mass is 418 g/mol. The third-order valence-corrected chi connectivity index (χ3v) is 3.74. The van der Waals surface area contributed by atoms with Gasteiger partial charge in [0.1, 0.15) is 5.82 Å². The molecular weight excluding hydrogens is 409 g/mol. The quantitative estimate of drug-likeness (QED) is 0.443. The normalized spacial score (nSPS) is 10.5. The van der Waals surface area contributed by atoms with Gasteiger partial charge in [0.15, 0.2) is 11.6 Å². The van der Waals surface area contributed by atoms with Crippen LogP contribution < -0.4 is 58.2 Å².